The van der Waals surface area contributed by atoms with E-state index in [1.807, 2.05) is 30.3 Å². The smallest absolute Gasteiger partial charge is 0.328 e. The average Bonchev–Trinajstić information content (AvgIpc) is 3.36. The van der Waals surface area contributed by atoms with Crippen LogP contribution in [0.25, 0.3) is 11.2 Å². The molecule has 3 heterocycles. The highest BCUT2D eigenvalue weighted by molar-refractivity contribution is 5.86. The molecule has 4 rings (SSSR count). The molecule has 4 N–H and O–H groups in total. The Morgan fingerprint density at radius 3 is 2.69 bits per heavy atom. The quantitative estimate of drug-likeness (QED) is 0.351. The molecule has 11 heteroatoms. The summed E-state index contributed by atoms with van der Waals surface area (Å²) in [5, 5.41) is 32.9. The number of esters is 1. The lowest BCUT2D eigenvalue weighted by Gasteiger charge is -2.19. The van der Waals surface area contributed by atoms with Gasteiger partial charge >= 0.3 is 5.97 Å². The standard InChI is InChI=1S/C21H25N5O6/c1-2-31-21(30)13(8-12-6-4-3-5-7-12)25-18-15-19(23-10-22-18)26(11-24-15)20-17(29)16(28)14(9-27)32-20/h3-7,10-11,13-14,16-17,20,27-29H,2,8-9H2,1H3,(H,22,23,25)/t13-,14?,16?,17?,20?/m0/s1. The third-order valence-corrected chi connectivity index (χ3v) is 5.31. The van der Waals surface area contributed by atoms with Gasteiger partial charge in [0, 0.05) is 6.42 Å². The maximum absolute atomic E-state index is 12.6. The third kappa shape index (κ3) is 4.28. The van der Waals surface area contributed by atoms with E-state index in [1.165, 1.54) is 17.2 Å². The van der Waals surface area contributed by atoms with Crippen molar-refractivity contribution in [2.75, 3.05) is 18.5 Å². The van der Waals surface area contributed by atoms with Crippen molar-refractivity contribution in [3.63, 3.8) is 0 Å². The lowest BCUT2D eigenvalue weighted by molar-refractivity contribution is -0.144. The molecule has 5 atom stereocenters. The van der Waals surface area contributed by atoms with Gasteiger partial charge in [0.2, 0.25) is 0 Å². The number of hydrogen-bond acceptors (Lipinski definition) is 10. The molecule has 170 valence electrons. The first-order chi connectivity index (χ1) is 15.5. The van der Waals surface area contributed by atoms with Crippen LogP contribution in [0.1, 0.15) is 18.7 Å². The molecule has 1 aliphatic heterocycles. The van der Waals surface area contributed by atoms with Crippen molar-refractivity contribution in [2.24, 2.45) is 0 Å². The fourth-order valence-corrected chi connectivity index (χ4v) is 3.70. The van der Waals surface area contributed by atoms with Gasteiger partial charge in [-0.3, -0.25) is 4.57 Å². The number of ether oxygens (including phenoxy) is 2. The largest absolute Gasteiger partial charge is 0.464 e. The minimum absolute atomic E-state index is 0.241. The van der Waals surface area contributed by atoms with Crippen molar-refractivity contribution in [3.05, 3.63) is 48.5 Å². The average molecular weight is 443 g/mol. The second kappa shape index (κ2) is 9.57. The number of imidazole rings is 1. The molecule has 3 aromatic rings. The van der Waals surface area contributed by atoms with Gasteiger partial charge in [0.05, 0.1) is 19.5 Å². The molecule has 32 heavy (non-hydrogen) atoms. The van der Waals surface area contributed by atoms with Gasteiger partial charge in [-0.05, 0) is 12.5 Å². The molecule has 0 radical (unpaired) electrons. The number of carbonyl (C=O) groups is 1. The summed E-state index contributed by atoms with van der Waals surface area (Å²) in [5.74, 6) is -0.111. The number of carbonyl (C=O) groups excluding carboxylic acids is 1. The summed E-state index contributed by atoms with van der Waals surface area (Å²) >= 11 is 0. The van der Waals surface area contributed by atoms with E-state index in [1.54, 1.807) is 6.92 Å². The molecule has 0 spiro atoms. The predicted octanol–water partition coefficient (Wildman–Crippen LogP) is 0.0241. The zero-order chi connectivity index (χ0) is 22.7. The van der Waals surface area contributed by atoms with Crippen molar-refractivity contribution < 1.29 is 29.6 Å². The second-order valence-electron chi connectivity index (χ2n) is 7.41. The molecule has 0 saturated carbocycles. The number of nitrogens with zero attached hydrogens (tertiary/aromatic N) is 4. The summed E-state index contributed by atoms with van der Waals surface area (Å²) in [5.41, 5.74) is 1.63. The highest BCUT2D eigenvalue weighted by atomic mass is 16.6. The van der Waals surface area contributed by atoms with Gasteiger partial charge < -0.3 is 30.1 Å². The summed E-state index contributed by atoms with van der Waals surface area (Å²) < 4.78 is 12.3. The Morgan fingerprint density at radius 2 is 2.00 bits per heavy atom. The summed E-state index contributed by atoms with van der Waals surface area (Å²) in [6, 6.07) is 8.80. The number of rotatable bonds is 8. The fourth-order valence-electron chi connectivity index (χ4n) is 3.70. The zero-order valence-electron chi connectivity index (χ0n) is 17.4. The summed E-state index contributed by atoms with van der Waals surface area (Å²) in [6.07, 6.45) is -1.36. The van der Waals surface area contributed by atoms with E-state index in [0.717, 1.165) is 5.56 Å². The highest BCUT2D eigenvalue weighted by Crippen LogP contribution is 2.32. The Kier molecular flexibility index (Phi) is 6.61. The first kappa shape index (κ1) is 22.1. The van der Waals surface area contributed by atoms with Crippen LogP contribution < -0.4 is 5.32 Å². The Morgan fingerprint density at radius 1 is 1.22 bits per heavy atom. The number of nitrogens with one attached hydrogen (secondary N) is 1. The Labute approximate surface area is 183 Å². The van der Waals surface area contributed by atoms with Crippen molar-refractivity contribution in [1.82, 2.24) is 19.5 Å². The van der Waals surface area contributed by atoms with Crippen LogP contribution in [0.3, 0.4) is 0 Å². The number of fused-ring (bicyclic) bond motifs is 1. The molecule has 0 amide bonds. The molecule has 1 aromatic carbocycles. The van der Waals surface area contributed by atoms with Gasteiger partial charge in [0.15, 0.2) is 23.2 Å². The molecule has 11 nitrogen and oxygen atoms in total. The maximum atomic E-state index is 12.6. The van der Waals surface area contributed by atoms with Crippen molar-refractivity contribution in [3.8, 4) is 0 Å². The van der Waals surface area contributed by atoms with E-state index in [0.29, 0.717) is 23.4 Å². The van der Waals surface area contributed by atoms with E-state index >= 15 is 0 Å². The number of aliphatic hydroxyl groups is 3. The van der Waals surface area contributed by atoms with Crippen molar-refractivity contribution in [1.29, 1.82) is 0 Å². The summed E-state index contributed by atoms with van der Waals surface area (Å²) in [4.78, 5) is 25.4. The summed E-state index contributed by atoms with van der Waals surface area (Å²) in [7, 11) is 0. The molecular weight excluding hydrogens is 418 g/mol. The maximum Gasteiger partial charge on any atom is 0.328 e. The minimum atomic E-state index is -1.28. The fraction of sp³-hybridized carbons (Fsp3) is 0.429. The Bertz CT molecular complexity index is 1060. The molecule has 0 aliphatic carbocycles. The third-order valence-electron chi connectivity index (χ3n) is 5.31. The van der Waals surface area contributed by atoms with Crippen LogP contribution in [0.5, 0.6) is 0 Å². The SMILES string of the molecule is CCOC(=O)[C@H](Cc1ccccc1)Nc1ncnc2c1ncn2C1OC(CO)C(O)C1O. The van der Waals surface area contributed by atoms with Gasteiger partial charge in [-0.15, -0.1) is 0 Å². The molecule has 4 unspecified atom stereocenters. The first-order valence-electron chi connectivity index (χ1n) is 10.3. The minimum Gasteiger partial charge on any atom is -0.464 e. The van der Waals surface area contributed by atoms with Crippen LogP contribution in [0, 0.1) is 0 Å². The van der Waals surface area contributed by atoms with Crippen molar-refractivity contribution in [2.45, 2.75) is 43.9 Å². The number of hydrogen-bond donors (Lipinski definition) is 4. The molecule has 1 aliphatic rings. The first-order valence-corrected chi connectivity index (χ1v) is 10.3. The molecule has 0 bridgehead atoms. The summed E-state index contributed by atoms with van der Waals surface area (Å²) in [6.45, 7) is 1.54. The highest BCUT2D eigenvalue weighted by Gasteiger charge is 2.44. The van der Waals surface area contributed by atoms with E-state index < -0.39 is 43.2 Å². The number of benzene rings is 1. The van der Waals surface area contributed by atoms with E-state index in [4.69, 9.17) is 9.47 Å². The lowest BCUT2D eigenvalue weighted by Crippen LogP contribution is -2.34. The van der Waals surface area contributed by atoms with Crippen LogP contribution in [0.15, 0.2) is 43.0 Å². The van der Waals surface area contributed by atoms with E-state index in [-0.39, 0.29) is 6.61 Å². The number of aromatic nitrogens is 4. The molecular formula is C21H25N5O6. The van der Waals surface area contributed by atoms with Gasteiger partial charge in [0.1, 0.15) is 30.7 Å². The van der Waals surface area contributed by atoms with Crippen LogP contribution in [-0.2, 0) is 20.7 Å². The van der Waals surface area contributed by atoms with Crippen LogP contribution in [-0.4, -0.2) is 78.4 Å². The predicted molar refractivity (Wildman–Crippen MR) is 113 cm³/mol. The molecule has 2 aromatic heterocycles. The number of anilines is 1. The molecule has 1 fully saturated rings. The number of aliphatic hydroxyl groups excluding tert-OH is 3. The van der Waals surface area contributed by atoms with Crippen molar-refractivity contribution >= 4 is 23.0 Å². The van der Waals surface area contributed by atoms with Crippen LogP contribution in [0.4, 0.5) is 5.82 Å². The monoisotopic (exact) mass is 443 g/mol. The normalized spacial score (nSPS) is 23.9. The van der Waals surface area contributed by atoms with Gasteiger partial charge in [-0.25, -0.2) is 19.7 Å². The van der Waals surface area contributed by atoms with E-state index in [2.05, 4.69) is 20.3 Å². The van der Waals surface area contributed by atoms with Gasteiger partial charge in [-0.2, -0.15) is 0 Å². The van der Waals surface area contributed by atoms with Crippen LogP contribution in [0.2, 0.25) is 0 Å². The molecule has 1 saturated heterocycles. The lowest BCUT2D eigenvalue weighted by atomic mass is 10.1. The van der Waals surface area contributed by atoms with Gasteiger partial charge in [-0.1, -0.05) is 30.3 Å². The van der Waals surface area contributed by atoms with E-state index in [9.17, 15) is 20.1 Å². The zero-order valence-corrected chi connectivity index (χ0v) is 17.4. The van der Waals surface area contributed by atoms with Gasteiger partial charge in [0.25, 0.3) is 0 Å². The topological polar surface area (TPSA) is 152 Å². The van der Waals surface area contributed by atoms with Crippen LogP contribution >= 0.6 is 0 Å². The second-order valence-corrected chi connectivity index (χ2v) is 7.41. The Balaban J connectivity index is 1.63. The Hall–Kier alpha value is -3.12.